The summed E-state index contributed by atoms with van der Waals surface area (Å²) in [5, 5.41) is 11.8. The predicted octanol–water partition coefficient (Wildman–Crippen LogP) is 0.340. The van der Waals surface area contributed by atoms with E-state index in [2.05, 4.69) is 5.32 Å². The highest BCUT2D eigenvalue weighted by Gasteiger charge is 2.10. The standard InChI is InChI=1S/C12H15NO4/c1-9(14)13-7-11(15)8-17-12(16)10-5-3-2-4-6-10/h2-6,11,15H,7-8H2,1H3,(H,13,14). The van der Waals surface area contributed by atoms with Crippen LogP contribution in [0.4, 0.5) is 0 Å². The number of aliphatic hydroxyl groups is 1. The first-order valence-electron chi connectivity index (χ1n) is 5.24. The molecule has 1 aromatic carbocycles. The largest absolute Gasteiger partial charge is 0.459 e. The summed E-state index contributed by atoms with van der Waals surface area (Å²) in [6.07, 6.45) is -0.897. The van der Waals surface area contributed by atoms with Crippen LogP contribution in [0.2, 0.25) is 0 Å². The van der Waals surface area contributed by atoms with Crippen LogP contribution in [-0.4, -0.2) is 36.2 Å². The number of ether oxygens (including phenoxy) is 1. The fourth-order valence-electron chi connectivity index (χ4n) is 1.15. The van der Waals surface area contributed by atoms with Crippen molar-refractivity contribution in [3.63, 3.8) is 0 Å². The minimum Gasteiger partial charge on any atom is -0.459 e. The van der Waals surface area contributed by atoms with Gasteiger partial charge < -0.3 is 15.2 Å². The van der Waals surface area contributed by atoms with Crippen molar-refractivity contribution in [3.05, 3.63) is 35.9 Å². The molecule has 1 unspecified atom stereocenters. The van der Waals surface area contributed by atoms with Gasteiger partial charge >= 0.3 is 5.97 Å². The van der Waals surface area contributed by atoms with Crippen LogP contribution in [0.15, 0.2) is 30.3 Å². The maximum atomic E-state index is 11.5. The van der Waals surface area contributed by atoms with E-state index < -0.39 is 12.1 Å². The second kappa shape index (κ2) is 6.65. The number of rotatable bonds is 5. The van der Waals surface area contributed by atoms with Crippen molar-refractivity contribution in [2.45, 2.75) is 13.0 Å². The maximum Gasteiger partial charge on any atom is 0.338 e. The number of hydrogen-bond donors (Lipinski definition) is 2. The molecule has 2 N–H and O–H groups in total. The van der Waals surface area contributed by atoms with Gasteiger partial charge in [0.15, 0.2) is 0 Å². The van der Waals surface area contributed by atoms with Crippen molar-refractivity contribution in [1.82, 2.24) is 5.32 Å². The highest BCUT2D eigenvalue weighted by molar-refractivity contribution is 5.89. The van der Waals surface area contributed by atoms with E-state index >= 15 is 0 Å². The fraction of sp³-hybridized carbons (Fsp3) is 0.333. The Bertz CT molecular complexity index is 377. The van der Waals surface area contributed by atoms with Crippen LogP contribution < -0.4 is 5.32 Å². The van der Waals surface area contributed by atoms with Gasteiger partial charge in [0.25, 0.3) is 0 Å². The first-order valence-corrected chi connectivity index (χ1v) is 5.24. The number of hydrogen-bond acceptors (Lipinski definition) is 4. The molecule has 0 saturated carbocycles. The third-order valence-corrected chi connectivity index (χ3v) is 2.00. The van der Waals surface area contributed by atoms with E-state index in [0.29, 0.717) is 5.56 Å². The maximum absolute atomic E-state index is 11.5. The Labute approximate surface area is 99.4 Å². The van der Waals surface area contributed by atoms with Crippen LogP contribution in [0.25, 0.3) is 0 Å². The predicted molar refractivity (Wildman–Crippen MR) is 61.4 cm³/mol. The van der Waals surface area contributed by atoms with E-state index in [1.54, 1.807) is 30.3 Å². The molecule has 0 spiro atoms. The van der Waals surface area contributed by atoms with Gasteiger partial charge in [-0.15, -0.1) is 0 Å². The number of carbonyl (C=O) groups excluding carboxylic acids is 2. The Balaban J connectivity index is 2.31. The molecule has 92 valence electrons. The molecular formula is C12H15NO4. The fourth-order valence-corrected chi connectivity index (χ4v) is 1.15. The second-order valence-corrected chi connectivity index (χ2v) is 3.56. The van der Waals surface area contributed by atoms with Gasteiger partial charge in [-0.3, -0.25) is 4.79 Å². The second-order valence-electron chi connectivity index (χ2n) is 3.56. The summed E-state index contributed by atoms with van der Waals surface area (Å²) in [7, 11) is 0. The molecule has 0 fully saturated rings. The summed E-state index contributed by atoms with van der Waals surface area (Å²) in [6, 6.07) is 8.50. The van der Waals surface area contributed by atoms with Gasteiger partial charge in [0, 0.05) is 13.5 Å². The summed E-state index contributed by atoms with van der Waals surface area (Å²) in [5.74, 6) is -0.731. The monoisotopic (exact) mass is 237 g/mol. The van der Waals surface area contributed by atoms with E-state index in [0.717, 1.165) is 0 Å². The normalized spacial score (nSPS) is 11.6. The van der Waals surface area contributed by atoms with Crippen LogP contribution in [0.1, 0.15) is 17.3 Å². The molecule has 1 rings (SSSR count). The number of benzene rings is 1. The molecule has 17 heavy (non-hydrogen) atoms. The lowest BCUT2D eigenvalue weighted by molar-refractivity contribution is -0.119. The van der Waals surface area contributed by atoms with Gasteiger partial charge in [0.2, 0.25) is 5.91 Å². The number of aliphatic hydroxyl groups excluding tert-OH is 1. The minimum absolute atomic E-state index is 0.0669. The summed E-state index contributed by atoms with van der Waals surface area (Å²) in [4.78, 5) is 22.0. The first-order chi connectivity index (χ1) is 8.09. The average Bonchev–Trinajstić information content (AvgIpc) is 2.34. The van der Waals surface area contributed by atoms with Gasteiger partial charge in [0.1, 0.15) is 12.7 Å². The van der Waals surface area contributed by atoms with E-state index in [1.165, 1.54) is 6.92 Å². The molecule has 0 aliphatic rings. The lowest BCUT2D eigenvalue weighted by Crippen LogP contribution is -2.33. The van der Waals surface area contributed by atoms with E-state index in [1.807, 2.05) is 0 Å². The molecule has 0 bridgehead atoms. The SMILES string of the molecule is CC(=O)NCC(O)COC(=O)c1ccccc1. The average molecular weight is 237 g/mol. The highest BCUT2D eigenvalue weighted by atomic mass is 16.5. The van der Waals surface area contributed by atoms with Gasteiger partial charge in [-0.05, 0) is 12.1 Å². The molecule has 0 aliphatic carbocycles. The van der Waals surface area contributed by atoms with Gasteiger partial charge in [-0.1, -0.05) is 18.2 Å². The van der Waals surface area contributed by atoms with Gasteiger partial charge in [-0.2, -0.15) is 0 Å². The lowest BCUT2D eigenvalue weighted by atomic mass is 10.2. The molecule has 1 atom stereocenters. The molecule has 5 heteroatoms. The van der Waals surface area contributed by atoms with Crippen LogP contribution >= 0.6 is 0 Å². The minimum atomic E-state index is -0.897. The van der Waals surface area contributed by atoms with E-state index in [9.17, 15) is 14.7 Å². The molecule has 1 amide bonds. The van der Waals surface area contributed by atoms with Crippen LogP contribution in [0.3, 0.4) is 0 Å². The molecule has 0 radical (unpaired) electrons. The van der Waals surface area contributed by atoms with Crippen molar-refractivity contribution in [3.8, 4) is 0 Å². The number of esters is 1. The van der Waals surface area contributed by atoms with E-state index in [4.69, 9.17) is 4.74 Å². The molecule has 1 aromatic rings. The van der Waals surface area contributed by atoms with Crippen LogP contribution in [0, 0.1) is 0 Å². The van der Waals surface area contributed by atoms with Crippen molar-refractivity contribution in [2.24, 2.45) is 0 Å². The molecule has 0 aromatic heterocycles. The van der Waals surface area contributed by atoms with E-state index in [-0.39, 0.29) is 19.1 Å². The zero-order chi connectivity index (χ0) is 12.7. The lowest BCUT2D eigenvalue weighted by Gasteiger charge is -2.11. The Morgan fingerprint density at radius 2 is 2.00 bits per heavy atom. The number of amides is 1. The zero-order valence-corrected chi connectivity index (χ0v) is 9.55. The van der Waals surface area contributed by atoms with Gasteiger partial charge in [0.05, 0.1) is 5.56 Å². The quantitative estimate of drug-likeness (QED) is 0.724. The van der Waals surface area contributed by atoms with Crippen LogP contribution in [-0.2, 0) is 9.53 Å². The number of carbonyl (C=O) groups is 2. The summed E-state index contributed by atoms with van der Waals surface area (Å²) < 4.78 is 4.88. The molecular weight excluding hydrogens is 222 g/mol. The summed E-state index contributed by atoms with van der Waals surface area (Å²) >= 11 is 0. The third kappa shape index (κ3) is 5.12. The smallest absolute Gasteiger partial charge is 0.338 e. The first kappa shape index (κ1) is 13.2. The summed E-state index contributed by atoms with van der Waals surface area (Å²) in [6.45, 7) is 1.27. The Morgan fingerprint density at radius 1 is 1.35 bits per heavy atom. The highest BCUT2D eigenvalue weighted by Crippen LogP contribution is 2.01. The van der Waals surface area contributed by atoms with Crippen molar-refractivity contribution in [2.75, 3.05) is 13.2 Å². The Morgan fingerprint density at radius 3 is 2.59 bits per heavy atom. The topological polar surface area (TPSA) is 75.6 Å². The third-order valence-electron chi connectivity index (χ3n) is 2.00. The Hall–Kier alpha value is -1.88. The summed E-state index contributed by atoms with van der Waals surface area (Å²) in [5.41, 5.74) is 0.430. The van der Waals surface area contributed by atoms with Crippen molar-refractivity contribution in [1.29, 1.82) is 0 Å². The van der Waals surface area contributed by atoms with Gasteiger partial charge in [-0.25, -0.2) is 4.79 Å². The number of nitrogens with one attached hydrogen (secondary N) is 1. The Kier molecular flexibility index (Phi) is 5.16. The molecule has 0 aliphatic heterocycles. The molecule has 0 saturated heterocycles. The molecule has 5 nitrogen and oxygen atoms in total. The van der Waals surface area contributed by atoms with Crippen molar-refractivity contribution < 1.29 is 19.4 Å². The zero-order valence-electron chi connectivity index (χ0n) is 9.55. The van der Waals surface area contributed by atoms with Crippen LogP contribution in [0.5, 0.6) is 0 Å². The molecule has 0 heterocycles. The van der Waals surface area contributed by atoms with Crippen molar-refractivity contribution >= 4 is 11.9 Å².